The van der Waals surface area contributed by atoms with Crippen molar-refractivity contribution < 1.29 is 0 Å². The average molecular weight is 198 g/mol. The number of hydrogen-bond acceptors (Lipinski definition) is 2. The van der Waals surface area contributed by atoms with E-state index in [1.165, 1.54) is 51.9 Å². The maximum atomic E-state index is 3.62. The minimum absolute atomic E-state index is 0.873. The second kappa shape index (κ2) is 7.24. The molecule has 2 nitrogen and oxygen atoms in total. The van der Waals surface area contributed by atoms with Crippen molar-refractivity contribution in [3.05, 3.63) is 0 Å². The van der Waals surface area contributed by atoms with Gasteiger partial charge in [0.25, 0.3) is 0 Å². The molecule has 1 heterocycles. The van der Waals surface area contributed by atoms with Crippen molar-refractivity contribution in [1.82, 2.24) is 10.6 Å². The van der Waals surface area contributed by atoms with Crippen LogP contribution in [-0.4, -0.2) is 26.2 Å². The third-order valence-corrected chi connectivity index (χ3v) is 3.42. The molecule has 14 heavy (non-hydrogen) atoms. The molecule has 0 aliphatic carbocycles. The molecule has 2 heteroatoms. The molecule has 1 fully saturated rings. The van der Waals surface area contributed by atoms with E-state index in [1.807, 2.05) is 0 Å². The minimum atomic E-state index is 0.873. The quantitative estimate of drug-likeness (QED) is 0.682. The molecule has 1 aliphatic heterocycles. The van der Waals surface area contributed by atoms with Crippen LogP contribution in [0.4, 0.5) is 0 Å². The molecular weight excluding hydrogens is 172 g/mol. The van der Waals surface area contributed by atoms with Gasteiger partial charge in [-0.3, -0.25) is 0 Å². The van der Waals surface area contributed by atoms with Crippen LogP contribution < -0.4 is 10.6 Å². The van der Waals surface area contributed by atoms with Crippen LogP contribution in [0, 0.1) is 11.8 Å². The van der Waals surface area contributed by atoms with Gasteiger partial charge in [-0.05, 0) is 50.9 Å². The number of hydrogen-bond donors (Lipinski definition) is 2. The Labute approximate surface area is 88.8 Å². The second-order valence-electron chi connectivity index (χ2n) is 4.55. The highest BCUT2D eigenvalue weighted by Crippen LogP contribution is 2.09. The van der Waals surface area contributed by atoms with Gasteiger partial charge in [-0.15, -0.1) is 0 Å². The van der Waals surface area contributed by atoms with E-state index in [0.29, 0.717) is 0 Å². The summed E-state index contributed by atoms with van der Waals surface area (Å²) in [4.78, 5) is 0. The van der Waals surface area contributed by atoms with Crippen molar-refractivity contribution in [2.24, 2.45) is 11.8 Å². The fourth-order valence-corrected chi connectivity index (χ4v) is 2.17. The van der Waals surface area contributed by atoms with Crippen LogP contribution in [0.3, 0.4) is 0 Å². The molecule has 1 rings (SSSR count). The van der Waals surface area contributed by atoms with Crippen LogP contribution in [0.15, 0.2) is 0 Å². The van der Waals surface area contributed by atoms with Crippen LogP contribution in [0.5, 0.6) is 0 Å². The lowest BCUT2D eigenvalue weighted by Crippen LogP contribution is -2.37. The van der Waals surface area contributed by atoms with Crippen LogP contribution in [0.25, 0.3) is 0 Å². The Morgan fingerprint density at radius 1 is 1.36 bits per heavy atom. The van der Waals surface area contributed by atoms with Crippen molar-refractivity contribution in [3.8, 4) is 0 Å². The Balaban J connectivity index is 2.01. The fourth-order valence-electron chi connectivity index (χ4n) is 2.17. The van der Waals surface area contributed by atoms with Crippen LogP contribution in [0.1, 0.15) is 39.5 Å². The average Bonchev–Trinajstić information content (AvgIpc) is 2.26. The SMILES string of the molecule is CCC(CC)CNCC1CCCNC1. The van der Waals surface area contributed by atoms with Gasteiger partial charge in [0.05, 0.1) is 0 Å². The molecule has 0 aromatic carbocycles. The maximum Gasteiger partial charge on any atom is -0.000826 e. The first-order chi connectivity index (χ1) is 6.86. The van der Waals surface area contributed by atoms with Crippen molar-refractivity contribution >= 4 is 0 Å². The molecule has 0 saturated carbocycles. The fraction of sp³-hybridized carbons (Fsp3) is 1.00. The van der Waals surface area contributed by atoms with Crippen molar-refractivity contribution in [2.45, 2.75) is 39.5 Å². The highest BCUT2D eigenvalue weighted by molar-refractivity contribution is 4.71. The highest BCUT2D eigenvalue weighted by Gasteiger charge is 2.12. The Morgan fingerprint density at radius 3 is 2.71 bits per heavy atom. The molecule has 1 unspecified atom stereocenters. The first kappa shape index (κ1) is 12.0. The summed E-state index contributed by atoms with van der Waals surface area (Å²) >= 11 is 0. The Kier molecular flexibility index (Phi) is 6.20. The lowest BCUT2D eigenvalue weighted by atomic mass is 9.99. The zero-order valence-electron chi connectivity index (χ0n) is 9.81. The summed E-state index contributed by atoms with van der Waals surface area (Å²) in [5, 5.41) is 7.08. The Morgan fingerprint density at radius 2 is 2.14 bits per heavy atom. The van der Waals surface area contributed by atoms with Crippen molar-refractivity contribution in [1.29, 1.82) is 0 Å². The predicted octanol–water partition coefficient (Wildman–Crippen LogP) is 2.01. The smallest absolute Gasteiger partial charge is 0.000826 e. The van der Waals surface area contributed by atoms with Gasteiger partial charge in [-0.25, -0.2) is 0 Å². The van der Waals surface area contributed by atoms with Gasteiger partial charge in [0, 0.05) is 0 Å². The van der Waals surface area contributed by atoms with Gasteiger partial charge in [0.1, 0.15) is 0 Å². The van der Waals surface area contributed by atoms with Crippen molar-refractivity contribution in [3.63, 3.8) is 0 Å². The molecule has 0 radical (unpaired) electrons. The van der Waals surface area contributed by atoms with E-state index in [1.54, 1.807) is 0 Å². The summed E-state index contributed by atoms with van der Waals surface area (Å²) in [7, 11) is 0. The van der Waals surface area contributed by atoms with E-state index < -0.39 is 0 Å². The molecule has 0 amide bonds. The standard InChI is InChI=1S/C12H26N2/c1-3-11(4-2)8-14-10-12-6-5-7-13-9-12/h11-14H,3-10H2,1-2H3. The Hall–Kier alpha value is -0.0800. The topological polar surface area (TPSA) is 24.1 Å². The molecule has 0 spiro atoms. The van der Waals surface area contributed by atoms with E-state index >= 15 is 0 Å². The second-order valence-corrected chi connectivity index (χ2v) is 4.55. The molecule has 0 bridgehead atoms. The predicted molar refractivity (Wildman–Crippen MR) is 62.5 cm³/mol. The summed E-state index contributed by atoms with van der Waals surface area (Å²) in [5.41, 5.74) is 0. The van der Waals surface area contributed by atoms with Crippen molar-refractivity contribution in [2.75, 3.05) is 26.2 Å². The van der Waals surface area contributed by atoms with Gasteiger partial charge in [-0.2, -0.15) is 0 Å². The van der Waals surface area contributed by atoms with Gasteiger partial charge in [-0.1, -0.05) is 26.7 Å². The lowest BCUT2D eigenvalue weighted by molar-refractivity contribution is 0.344. The zero-order chi connectivity index (χ0) is 10.2. The third-order valence-electron chi connectivity index (χ3n) is 3.42. The van der Waals surface area contributed by atoms with E-state index in [0.717, 1.165) is 11.8 Å². The Bertz CT molecular complexity index is 126. The van der Waals surface area contributed by atoms with E-state index in [4.69, 9.17) is 0 Å². The number of piperidine rings is 1. The summed E-state index contributed by atoms with van der Waals surface area (Å²) in [6, 6.07) is 0. The van der Waals surface area contributed by atoms with Gasteiger partial charge >= 0.3 is 0 Å². The summed E-state index contributed by atoms with van der Waals surface area (Å²) in [5.74, 6) is 1.75. The normalized spacial score (nSPS) is 22.9. The molecule has 1 atom stereocenters. The highest BCUT2D eigenvalue weighted by atomic mass is 14.9. The van der Waals surface area contributed by atoms with E-state index in [2.05, 4.69) is 24.5 Å². The molecule has 2 N–H and O–H groups in total. The minimum Gasteiger partial charge on any atom is -0.316 e. The zero-order valence-corrected chi connectivity index (χ0v) is 9.81. The molecule has 84 valence electrons. The molecular formula is C12H26N2. The maximum absolute atomic E-state index is 3.62. The number of rotatable bonds is 6. The van der Waals surface area contributed by atoms with Crippen LogP contribution in [-0.2, 0) is 0 Å². The molecule has 1 saturated heterocycles. The molecule has 1 aliphatic rings. The van der Waals surface area contributed by atoms with Crippen LogP contribution in [0.2, 0.25) is 0 Å². The molecule has 0 aromatic heterocycles. The summed E-state index contributed by atoms with van der Waals surface area (Å²) in [6.07, 6.45) is 5.39. The van der Waals surface area contributed by atoms with Crippen LogP contribution >= 0.6 is 0 Å². The first-order valence-corrected chi connectivity index (χ1v) is 6.28. The van der Waals surface area contributed by atoms with Gasteiger partial charge in [0.2, 0.25) is 0 Å². The van der Waals surface area contributed by atoms with Gasteiger partial charge in [0.15, 0.2) is 0 Å². The summed E-state index contributed by atoms with van der Waals surface area (Å²) < 4.78 is 0. The largest absolute Gasteiger partial charge is 0.316 e. The first-order valence-electron chi connectivity index (χ1n) is 6.28. The van der Waals surface area contributed by atoms with E-state index in [-0.39, 0.29) is 0 Å². The summed E-state index contributed by atoms with van der Waals surface area (Å²) in [6.45, 7) is 9.45. The lowest BCUT2D eigenvalue weighted by Gasteiger charge is -2.24. The van der Waals surface area contributed by atoms with E-state index in [9.17, 15) is 0 Å². The van der Waals surface area contributed by atoms with Gasteiger partial charge < -0.3 is 10.6 Å². The monoisotopic (exact) mass is 198 g/mol. The third kappa shape index (κ3) is 4.43. The number of nitrogens with one attached hydrogen (secondary N) is 2. The molecule has 0 aromatic rings.